The molecule has 33 heavy (non-hydrogen) atoms. The average Bonchev–Trinajstić information content (AvgIpc) is 3.15. The second-order valence-electron chi connectivity index (χ2n) is 8.00. The van der Waals surface area contributed by atoms with E-state index in [0.29, 0.717) is 16.7 Å². The first-order chi connectivity index (χ1) is 15.8. The third kappa shape index (κ3) is 5.04. The molecule has 0 saturated heterocycles. The molecule has 1 atom stereocenters. The quantitative estimate of drug-likeness (QED) is 0.387. The van der Waals surface area contributed by atoms with E-state index in [2.05, 4.69) is 9.97 Å². The van der Waals surface area contributed by atoms with Gasteiger partial charge < -0.3 is 14.4 Å². The minimum Gasteiger partial charge on any atom is -0.491 e. The maximum atomic E-state index is 12.7. The maximum Gasteiger partial charge on any atom is 0.329 e. The fourth-order valence-corrected chi connectivity index (χ4v) is 4.46. The number of thioether (sulfide) groups is 1. The second kappa shape index (κ2) is 9.68. The number of aromatic nitrogens is 4. The van der Waals surface area contributed by atoms with Crippen LogP contribution >= 0.6 is 11.8 Å². The van der Waals surface area contributed by atoms with Crippen molar-refractivity contribution >= 4 is 22.9 Å². The SMILES string of the molecule is Cc1ccc(CSc2nc3c(c(=O)[nH]c(=O)n3C)n2CC(O)COc2ccccc2C)cc1. The minimum atomic E-state index is -0.891. The molecule has 172 valence electrons. The lowest BCUT2D eigenvalue weighted by atomic mass is 10.2. The monoisotopic (exact) mass is 466 g/mol. The summed E-state index contributed by atoms with van der Waals surface area (Å²) in [5.74, 6) is 1.33. The number of imidazole rings is 1. The van der Waals surface area contributed by atoms with E-state index in [4.69, 9.17) is 4.74 Å². The summed E-state index contributed by atoms with van der Waals surface area (Å²) in [5.41, 5.74) is 2.72. The number of aliphatic hydroxyl groups is 1. The molecule has 8 nitrogen and oxygen atoms in total. The molecule has 4 aromatic rings. The maximum absolute atomic E-state index is 12.7. The molecule has 0 saturated carbocycles. The van der Waals surface area contributed by atoms with Crippen LogP contribution in [0.4, 0.5) is 0 Å². The van der Waals surface area contributed by atoms with Gasteiger partial charge >= 0.3 is 5.69 Å². The number of aromatic amines is 1. The van der Waals surface area contributed by atoms with Crippen LogP contribution < -0.4 is 16.0 Å². The van der Waals surface area contributed by atoms with Crippen LogP contribution in [0.2, 0.25) is 0 Å². The number of para-hydroxylation sites is 1. The van der Waals surface area contributed by atoms with Gasteiger partial charge in [-0.2, -0.15) is 0 Å². The van der Waals surface area contributed by atoms with Crippen LogP contribution in [-0.4, -0.2) is 36.9 Å². The highest BCUT2D eigenvalue weighted by molar-refractivity contribution is 7.98. The highest BCUT2D eigenvalue weighted by atomic mass is 32.2. The lowest BCUT2D eigenvalue weighted by Crippen LogP contribution is -2.30. The zero-order valence-corrected chi connectivity index (χ0v) is 19.6. The lowest BCUT2D eigenvalue weighted by molar-refractivity contribution is 0.0910. The molecule has 1 unspecified atom stereocenters. The summed E-state index contributed by atoms with van der Waals surface area (Å²) in [6.07, 6.45) is -0.891. The van der Waals surface area contributed by atoms with Crippen molar-refractivity contribution in [1.29, 1.82) is 0 Å². The summed E-state index contributed by atoms with van der Waals surface area (Å²) in [4.78, 5) is 31.6. The lowest BCUT2D eigenvalue weighted by Gasteiger charge is -2.16. The number of benzene rings is 2. The van der Waals surface area contributed by atoms with Crippen molar-refractivity contribution in [2.45, 2.75) is 37.4 Å². The Kier molecular flexibility index (Phi) is 6.71. The fraction of sp³-hybridized carbons (Fsp3) is 0.292. The van der Waals surface area contributed by atoms with E-state index in [0.717, 1.165) is 11.1 Å². The summed E-state index contributed by atoms with van der Waals surface area (Å²) in [5, 5.41) is 11.3. The van der Waals surface area contributed by atoms with Gasteiger partial charge in [-0.05, 0) is 31.0 Å². The zero-order chi connectivity index (χ0) is 23.5. The van der Waals surface area contributed by atoms with Crippen molar-refractivity contribution in [3.8, 4) is 5.75 Å². The Morgan fingerprint density at radius 1 is 1.12 bits per heavy atom. The number of nitrogens with zero attached hydrogens (tertiary/aromatic N) is 3. The Hall–Kier alpha value is -3.30. The standard InChI is InChI=1S/C24H26N4O4S/c1-15-8-10-17(11-9-15)14-33-24-25-21-20(22(30)26-23(31)27(21)3)28(24)12-18(29)13-32-19-7-5-4-6-16(19)2/h4-11,18,29H,12-14H2,1-3H3,(H,26,30,31). The molecule has 0 fully saturated rings. The summed E-state index contributed by atoms with van der Waals surface area (Å²) in [7, 11) is 1.56. The first kappa shape index (κ1) is 22.9. The van der Waals surface area contributed by atoms with Crippen molar-refractivity contribution in [3.05, 3.63) is 86.1 Å². The number of rotatable bonds is 8. The number of hydrogen-bond donors (Lipinski definition) is 2. The smallest absolute Gasteiger partial charge is 0.329 e. The van der Waals surface area contributed by atoms with Gasteiger partial charge in [0, 0.05) is 12.8 Å². The van der Waals surface area contributed by atoms with E-state index < -0.39 is 17.4 Å². The van der Waals surface area contributed by atoms with Crippen LogP contribution in [0.5, 0.6) is 5.75 Å². The molecule has 0 aliphatic heterocycles. The fourth-order valence-electron chi connectivity index (χ4n) is 3.49. The van der Waals surface area contributed by atoms with Crippen LogP contribution in [0.1, 0.15) is 16.7 Å². The largest absolute Gasteiger partial charge is 0.491 e. The minimum absolute atomic E-state index is 0.0518. The van der Waals surface area contributed by atoms with Gasteiger partial charge in [-0.25, -0.2) is 9.78 Å². The molecule has 0 radical (unpaired) electrons. The average molecular weight is 467 g/mol. The van der Waals surface area contributed by atoms with E-state index in [1.54, 1.807) is 11.6 Å². The summed E-state index contributed by atoms with van der Waals surface area (Å²) in [6.45, 7) is 4.12. The number of nitrogens with one attached hydrogen (secondary N) is 1. The van der Waals surface area contributed by atoms with E-state index in [9.17, 15) is 14.7 Å². The first-order valence-electron chi connectivity index (χ1n) is 10.6. The van der Waals surface area contributed by atoms with Crippen molar-refractivity contribution in [3.63, 3.8) is 0 Å². The summed E-state index contributed by atoms with van der Waals surface area (Å²) >= 11 is 1.45. The van der Waals surface area contributed by atoms with Crippen molar-refractivity contribution in [2.75, 3.05) is 6.61 Å². The number of H-pyrrole nitrogens is 1. The molecule has 2 aromatic heterocycles. The van der Waals surface area contributed by atoms with Crippen LogP contribution in [0.3, 0.4) is 0 Å². The van der Waals surface area contributed by atoms with Crippen molar-refractivity contribution in [1.82, 2.24) is 19.1 Å². The van der Waals surface area contributed by atoms with Gasteiger partial charge in [-0.3, -0.25) is 14.3 Å². The molecule has 2 N–H and O–H groups in total. The molecule has 4 rings (SSSR count). The molecular weight excluding hydrogens is 440 g/mol. The third-order valence-corrected chi connectivity index (χ3v) is 6.43. The van der Waals surface area contributed by atoms with Crippen LogP contribution in [0, 0.1) is 13.8 Å². The summed E-state index contributed by atoms with van der Waals surface area (Å²) < 4.78 is 8.75. The van der Waals surface area contributed by atoms with Crippen molar-refractivity contribution in [2.24, 2.45) is 7.05 Å². The van der Waals surface area contributed by atoms with Crippen LogP contribution in [0.15, 0.2) is 63.3 Å². The number of hydrogen-bond acceptors (Lipinski definition) is 6. The zero-order valence-electron chi connectivity index (χ0n) is 18.7. The molecule has 0 spiro atoms. The predicted molar refractivity (Wildman–Crippen MR) is 129 cm³/mol. The van der Waals surface area contributed by atoms with E-state index in [1.165, 1.54) is 21.9 Å². The van der Waals surface area contributed by atoms with Crippen LogP contribution in [-0.2, 0) is 19.3 Å². The molecule has 2 aromatic carbocycles. The molecule has 0 aliphatic carbocycles. The molecule has 9 heteroatoms. The van der Waals surface area contributed by atoms with E-state index in [1.807, 2.05) is 62.4 Å². The number of aryl methyl sites for hydroxylation is 3. The number of ether oxygens (including phenoxy) is 1. The number of fused-ring (bicyclic) bond motifs is 1. The number of aliphatic hydroxyl groups excluding tert-OH is 1. The highest BCUT2D eigenvalue weighted by Crippen LogP contribution is 2.26. The normalized spacial score (nSPS) is 12.2. The second-order valence-corrected chi connectivity index (χ2v) is 8.94. The van der Waals surface area contributed by atoms with Gasteiger partial charge in [0.25, 0.3) is 5.56 Å². The third-order valence-electron chi connectivity index (χ3n) is 5.38. The van der Waals surface area contributed by atoms with Gasteiger partial charge in [0.1, 0.15) is 18.5 Å². The molecule has 0 amide bonds. The molecular formula is C24H26N4O4S. The van der Waals surface area contributed by atoms with E-state index >= 15 is 0 Å². The topological polar surface area (TPSA) is 102 Å². The van der Waals surface area contributed by atoms with Gasteiger partial charge in [0.2, 0.25) is 0 Å². The van der Waals surface area contributed by atoms with Gasteiger partial charge in [0.05, 0.1) is 6.54 Å². The first-order valence-corrected chi connectivity index (χ1v) is 11.6. The Labute approximate surface area is 194 Å². The Morgan fingerprint density at radius 2 is 1.85 bits per heavy atom. The summed E-state index contributed by atoms with van der Waals surface area (Å²) in [6, 6.07) is 15.7. The highest BCUT2D eigenvalue weighted by Gasteiger charge is 2.20. The Morgan fingerprint density at radius 3 is 2.58 bits per heavy atom. The van der Waals surface area contributed by atoms with Crippen LogP contribution in [0.25, 0.3) is 11.2 Å². The van der Waals surface area contributed by atoms with Gasteiger partial charge in [0.15, 0.2) is 16.3 Å². The Bertz CT molecular complexity index is 1390. The molecule has 0 aliphatic rings. The Balaban J connectivity index is 1.62. The molecule has 2 heterocycles. The molecule has 0 bridgehead atoms. The van der Waals surface area contributed by atoms with Gasteiger partial charge in [-0.15, -0.1) is 0 Å². The van der Waals surface area contributed by atoms with E-state index in [-0.39, 0.29) is 24.3 Å². The van der Waals surface area contributed by atoms with Gasteiger partial charge in [-0.1, -0.05) is 59.8 Å². The predicted octanol–water partition coefficient (Wildman–Crippen LogP) is 2.77. The van der Waals surface area contributed by atoms with Crippen molar-refractivity contribution < 1.29 is 9.84 Å².